The number of nitrogens with zero attached hydrogens (tertiary/aromatic N) is 1. The Morgan fingerprint density at radius 3 is 2.64 bits per heavy atom. The molecule has 22 heavy (non-hydrogen) atoms. The van der Waals surface area contributed by atoms with Gasteiger partial charge in [0, 0.05) is 16.7 Å². The van der Waals surface area contributed by atoms with Crippen LogP contribution >= 0.6 is 0 Å². The van der Waals surface area contributed by atoms with Crippen LogP contribution in [0.25, 0.3) is 0 Å². The lowest BCUT2D eigenvalue weighted by Gasteiger charge is -2.20. The van der Waals surface area contributed by atoms with Crippen molar-refractivity contribution in [2.75, 3.05) is 7.11 Å². The number of oxime groups is 1. The summed E-state index contributed by atoms with van der Waals surface area (Å²) in [6.45, 7) is 0. The highest BCUT2D eigenvalue weighted by atomic mass is 16.7. The minimum absolute atomic E-state index is 0.176. The molecule has 0 radical (unpaired) electrons. The van der Waals surface area contributed by atoms with Crippen LogP contribution in [0.1, 0.15) is 21.5 Å². The fourth-order valence-electron chi connectivity index (χ4n) is 3.06. The molecular weight excluding hydrogens is 282 g/mol. The minimum Gasteiger partial charge on any atom is -0.497 e. The average molecular weight is 295 g/mol. The maximum Gasteiger partial charge on any atom is 0.277 e. The molecule has 0 spiro atoms. The normalized spacial score (nSPS) is 25.3. The molecule has 0 bridgehead atoms. The molecule has 2 aliphatic rings. The Morgan fingerprint density at radius 1 is 1.18 bits per heavy atom. The van der Waals surface area contributed by atoms with Crippen molar-refractivity contribution in [1.29, 1.82) is 0 Å². The molecule has 0 fully saturated rings. The number of benzene rings is 2. The third-order valence-electron chi connectivity index (χ3n) is 4.17. The van der Waals surface area contributed by atoms with Crippen molar-refractivity contribution in [2.45, 2.75) is 5.79 Å². The first-order valence-corrected chi connectivity index (χ1v) is 6.92. The van der Waals surface area contributed by atoms with Crippen LogP contribution in [0.5, 0.6) is 5.75 Å². The molecule has 0 amide bonds. The molecule has 2 aromatic carbocycles. The van der Waals surface area contributed by atoms with E-state index in [1.54, 1.807) is 55.6 Å². The van der Waals surface area contributed by atoms with Crippen molar-refractivity contribution in [2.24, 2.45) is 11.1 Å². The standard InChI is InChI=1S/C17H13NO4/c1-21-11-8-6-10(7-9-11)15-14-16(19)12-4-2-3-5-13(12)17(14,20)22-18-15/h2-9,14,20H,1H3/t14-,17+/m0/s1. The van der Waals surface area contributed by atoms with Gasteiger partial charge in [-0.3, -0.25) is 4.79 Å². The van der Waals surface area contributed by atoms with Crippen LogP contribution in [-0.2, 0) is 10.6 Å². The second-order valence-corrected chi connectivity index (χ2v) is 5.34. The van der Waals surface area contributed by atoms with Crippen LogP contribution in [0.4, 0.5) is 0 Å². The largest absolute Gasteiger partial charge is 0.497 e. The van der Waals surface area contributed by atoms with Gasteiger partial charge in [0.25, 0.3) is 5.79 Å². The molecular formula is C17H13NO4. The van der Waals surface area contributed by atoms with Crippen LogP contribution in [-0.4, -0.2) is 23.7 Å². The summed E-state index contributed by atoms with van der Waals surface area (Å²) in [5.74, 6) is -2.01. The van der Waals surface area contributed by atoms with Gasteiger partial charge in [0.05, 0.1) is 7.11 Å². The Balaban J connectivity index is 1.78. The van der Waals surface area contributed by atoms with E-state index < -0.39 is 11.7 Å². The zero-order valence-corrected chi connectivity index (χ0v) is 11.8. The number of carbonyl (C=O) groups excluding carboxylic acids is 1. The van der Waals surface area contributed by atoms with Gasteiger partial charge in [-0.2, -0.15) is 0 Å². The third-order valence-corrected chi connectivity index (χ3v) is 4.17. The summed E-state index contributed by atoms with van der Waals surface area (Å²) in [7, 11) is 1.58. The Morgan fingerprint density at radius 2 is 1.91 bits per heavy atom. The Bertz CT molecular complexity index is 797. The quantitative estimate of drug-likeness (QED) is 0.921. The zero-order valence-electron chi connectivity index (χ0n) is 11.8. The fourth-order valence-corrected chi connectivity index (χ4v) is 3.06. The molecule has 5 nitrogen and oxygen atoms in total. The van der Waals surface area contributed by atoms with Gasteiger partial charge in [-0.25, -0.2) is 0 Å². The van der Waals surface area contributed by atoms with Gasteiger partial charge < -0.3 is 14.7 Å². The molecule has 1 N–H and O–H groups in total. The van der Waals surface area contributed by atoms with Gasteiger partial charge >= 0.3 is 0 Å². The van der Waals surface area contributed by atoms with Crippen molar-refractivity contribution < 1.29 is 19.5 Å². The van der Waals surface area contributed by atoms with Gasteiger partial charge in [-0.05, 0) is 24.3 Å². The minimum atomic E-state index is -1.71. The van der Waals surface area contributed by atoms with E-state index in [4.69, 9.17) is 9.57 Å². The van der Waals surface area contributed by atoms with Gasteiger partial charge in [-0.1, -0.05) is 29.4 Å². The predicted octanol–water partition coefficient (Wildman–Crippen LogP) is 2.09. The van der Waals surface area contributed by atoms with E-state index in [-0.39, 0.29) is 5.78 Å². The number of ketones is 1. The second-order valence-electron chi connectivity index (χ2n) is 5.34. The lowest BCUT2D eigenvalue weighted by Crippen LogP contribution is -2.35. The van der Waals surface area contributed by atoms with Crippen molar-refractivity contribution in [3.8, 4) is 5.75 Å². The number of aliphatic hydroxyl groups is 1. The molecule has 5 heteroatoms. The molecule has 0 saturated carbocycles. The molecule has 110 valence electrons. The van der Waals surface area contributed by atoms with Crippen LogP contribution < -0.4 is 4.74 Å². The second kappa shape index (κ2) is 4.42. The van der Waals surface area contributed by atoms with E-state index in [9.17, 15) is 9.90 Å². The highest BCUT2D eigenvalue weighted by molar-refractivity contribution is 6.22. The maximum atomic E-state index is 12.6. The monoisotopic (exact) mass is 295 g/mol. The van der Waals surface area contributed by atoms with Crippen molar-refractivity contribution in [3.63, 3.8) is 0 Å². The SMILES string of the molecule is COc1ccc(C2=NO[C@]3(O)c4ccccc4C(=O)[C@H]23)cc1. The highest BCUT2D eigenvalue weighted by Crippen LogP contribution is 2.47. The summed E-state index contributed by atoms with van der Waals surface area (Å²) in [6.07, 6.45) is 0. The summed E-state index contributed by atoms with van der Waals surface area (Å²) in [5, 5.41) is 14.8. The van der Waals surface area contributed by atoms with Gasteiger partial charge in [-0.15, -0.1) is 0 Å². The van der Waals surface area contributed by atoms with E-state index in [1.165, 1.54) is 0 Å². The van der Waals surface area contributed by atoms with Crippen molar-refractivity contribution in [3.05, 3.63) is 65.2 Å². The first-order chi connectivity index (χ1) is 10.6. The smallest absolute Gasteiger partial charge is 0.277 e. The summed E-state index contributed by atoms with van der Waals surface area (Å²) >= 11 is 0. The predicted molar refractivity (Wildman–Crippen MR) is 78.8 cm³/mol. The Hall–Kier alpha value is -2.66. The molecule has 2 aromatic rings. The molecule has 2 atom stereocenters. The van der Waals surface area contributed by atoms with Crippen LogP contribution in [0.3, 0.4) is 0 Å². The number of Topliss-reactive ketones (excluding diaryl/α,β-unsaturated/α-hetero) is 1. The molecule has 1 aliphatic heterocycles. The molecule has 0 aromatic heterocycles. The van der Waals surface area contributed by atoms with Crippen LogP contribution in [0, 0.1) is 5.92 Å². The molecule has 4 rings (SSSR count). The first kappa shape index (κ1) is 13.0. The number of carbonyl (C=O) groups is 1. The number of rotatable bonds is 2. The molecule has 0 saturated heterocycles. The number of fused-ring (bicyclic) bond motifs is 3. The number of hydrogen-bond donors (Lipinski definition) is 1. The van der Waals surface area contributed by atoms with Crippen LogP contribution in [0.15, 0.2) is 53.7 Å². The topological polar surface area (TPSA) is 68.1 Å². The summed E-state index contributed by atoms with van der Waals surface area (Å²) in [4.78, 5) is 17.9. The van der Waals surface area contributed by atoms with Crippen LogP contribution in [0.2, 0.25) is 0 Å². The van der Waals surface area contributed by atoms with E-state index in [0.717, 1.165) is 5.56 Å². The number of methoxy groups -OCH3 is 1. The lowest BCUT2D eigenvalue weighted by atomic mass is 9.90. The van der Waals surface area contributed by atoms with E-state index >= 15 is 0 Å². The fraction of sp³-hybridized carbons (Fsp3) is 0.176. The number of ether oxygens (including phenoxy) is 1. The molecule has 1 aliphatic carbocycles. The first-order valence-electron chi connectivity index (χ1n) is 6.92. The molecule has 0 unspecified atom stereocenters. The summed E-state index contributed by atoms with van der Waals surface area (Å²) in [6, 6.07) is 14.1. The Kier molecular flexibility index (Phi) is 2.62. The third kappa shape index (κ3) is 1.57. The summed E-state index contributed by atoms with van der Waals surface area (Å²) in [5.41, 5.74) is 2.11. The Labute approximate surface area is 126 Å². The van der Waals surface area contributed by atoms with Gasteiger partial charge in [0.1, 0.15) is 17.4 Å². The summed E-state index contributed by atoms with van der Waals surface area (Å²) < 4.78 is 5.12. The lowest BCUT2D eigenvalue weighted by molar-refractivity contribution is -0.204. The highest BCUT2D eigenvalue weighted by Gasteiger charge is 2.59. The molecule has 1 heterocycles. The van der Waals surface area contributed by atoms with E-state index in [1.807, 2.05) is 0 Å². The maximum absolute atomic E-state index is 12.6. The van der Waals surface area contributed by atoms with E-state index in [0.29, 0.717) is 22.6 Å². The van der Waals surface area contributed by atoms with Gasteiger partial charge in [0.2, 0.25) is 0 Å². The number of hydrogen-bond acceptors (Lipinski definition) is 5. The average Bonchev–Trinajstić information content (AvgIpc) is 3.02. The van der Waals surface area contributed by atoms with Gasteiger partial charge in [0.15, 0.2) is 5.78 Å². The van der Waals surface area contributed by atoms with E-state index in [2.05, 4.69) is 5.16 Å². The van der Waals surface area contributed by atoms with Crippen molar-refractivity contribution in [1.82, 2.24) is 0 Å². The van der Waals surface area contributed by atoms with Crippen molar-refractivity contribution >= 4 is 11.5 Å². The zero-order chi connectivity index (χ0) is 15.3.